The second-order valence-electron chi connectivity index (χ2n) is 9.31. The van der Waals surface area contributed by atoms with Crippen LogP contribution < -0.4 is 5.32 Å². The van der Waals surface area contributed by atoms with Crippen molar-refractivity contribution in [2.24, 2.45) is 5.41 Å². The van der Waals surface area contributed by atoms with E-state index in [0.29, 0.717) is 6.42 Å². The highest BCUT2D eigenvalue weighted by Gasteiger charge is 2.39. The third-order valence-corrected chi connectivity index (χ3v) is 6.34. The maximum Gasteiger partial charge on any atom is 0.243 e. The van der Waals surface area contributed by atoms with Gasteiger partial charge in [0.15, 0.2) is 0 Å². The number of benzene rings is 1. The molecule has 30 heavy (non-hydrogen) atoms. The predicted molar refractivity (Wildman–Crippen MR) is 119 cm³/mol. The monoisotopic (exact) mass is 429 g/mol. The Morgan fingerprint density at radius 1 is 1.30 bits per heavy atom. The van der Waals surface area contributed by atoms with Gasteiger partial charge in [-0.15, -0.1) is 11.3 Å². The molecule has 1 aromatic heterocycles. The molecule has 1 aliphatic heterocycles. The summed E-state index contributed by atoms with van der Waals surface area (Å²) in [5, 5.41) is 13.1. The normalized spacial score (nSPS) is 20.3. The number of nitrogens with one attached hydrogen (secondary N) is 1. The van der Waals surface area contributed by atoms with Gasteiger partial charge < -0.3 is 15.3 Å². The highest BCUT2D eigenvalue weighted by Crippen LogP contribution is 2.29. The van der Waals surface area contributed by atoms with Gasteiger partial charge >= 0.3 is 0 Å². The summed E-state index contributed by atoms with van der Waals surface area (Å²) < 4.78 is 0. The molecule has 0 saturated carbocycles. The summed E-state index contributed by atoms with van der Waals surface area (Å²) >= 11 is 1.61. The second kappa shape index (κ2) is 8.86. The molecular formula is C23H31N3O3S. The van der Waals surface area contributed by atoms with Gasteiger partial charge in [-0.05, 0) is 30.4 Å². The van der Waals surface area contributed by atoms with Gasteiger partial charge in [0.1, 0.15) is 6.04 Å². The van der Waals surface area contributed by atoms with E-state index in [1.165, 1.54) is 4.90 Å². The van der Waals surface area contributed by atoms with Gasteiger partial charge in [-0.1, -0.05) is 45.0 Å². The molecule has 2 N–H and O–H groups in total. The number of carbonyl (C=O) groups is 2. The fraction of sp³-hybridized carbons (Fsp3) is 0.522. The van der Waals surface area contributed by atoms with Crippen LogP contribution in [-0.4, -0.2) is 45.5 Å². The molecule has 2 heterocycles. The van der Waals surface area contributed by atoms with E-state index in [4.69, 9.17) is 0 Å². The predicted octanol–water partition coefficient (Wildman–Crippen LogP) is 3.69. The number of β-amino-alcohol motifs (C(OH)–C–C–N with tert-alkyl or cyclic N) is 1. The molecule has 2 unspecified atom stereocenters. The lowest BCUT2D eigenvalue weighted by Gasteiger charge is -2.28. The third-order valence-electron chi connectivity index (χ3n) is 5.36. The number of amides is 2. The van der Waals surface area contributed by atoms with Gasteiger partial charge in [0.05, 0.1) is 28.2 Å². The Bertz CT molecular complexity index is 901. The highest BCUT2D eigenvalue weighted by atomic mass is 32.1. The van der Waals surface area contributed by atoms with Crippen LogP contribution in [0, 0.1) is 12.3 Å². The Morgan fingerprint density at radius 2 is 1.97 bits per heavy atom. The highest BCUT2D eigenvalue weighted by molar-refractivity contribution is 7.13. The number of rotatable bonds is 5. The van der Waals surface area contributed by atoms with Gasteiger partial charge in [0.25, 0.3) is 0 Å². The van der Waals surface area contributed by atoms with E-state index < -0.39 is 12.1 Å². The molecule has 0 aliphatic carbocycles. The second-order valence-corrected chi connectivity index (χ2v) is 10.2. The Labute approximate surface area is 182 Å². The van der Waals surface area contributed by atoms with E-state index in [-0.39, 0.29) is 36.2 Å². The molecule has 1 saturated heterocycles. The van der Waals surface area contributed by atoms with Crippen molar-refractivity contribution >= 4 is 23.2 Å². The first-order valence-electron chi connectivity index (χ1n) is 10.3. The Balaban J connectivity index is 1.66. The maximum atomic E-state index is 12.9. The largest absolute Gasteiger partial charge is 0.391 e. The van der Waals surface area contributed by atoms with Gasteiger partial charge in [-0.2, -0.15) is 0 Å². The lowest BCUT2D eigenvalue weighted by Crippen LogP contribution is -2.47. The van der Waals surface area contributed by atoms with Crippen molar-refractivity contribution in [2.75, 3.05) is 6.54 Å². The number of hydrogen-bond acceptors (Lipinski definition) is 5. The van der Waals surface area contributed by atoms with E-state index in [1.54, 1.807) is 11.3 Å². The molecule has 2 aromatic rings. The summed E-state index contributed by atoms with van der Waals surface area (Å²) in [6.07, 6.45) is -0.0443. The Kier molecular flexibility index (Phi) is 6.62. The molecule has 6 nitrogen and oxygen atoms in total. The number of aromatic nitrogens is 1. The first-order chi connectivity index (χ1) is 14.0. The number of carbonyl (C=O) groups excluding carboxylic acids is 2. The Morgan fingerprint density at radius 3 is 2.53 bits per heavy atom. The van der Waals surface area contributed by atoms with E-state index in [0.717, 1.165) is 21.7 Å². The van der Waals surface area contributed by atoms with Crippen LogP contribution in [0.25, 0.3) is 10.4 Å². The smallest absolute Gasteiger partial charge is 0.243 e. The zero-order valence-corrected chi connectivity index (χ0v) is 19.1. The zero-order chi connectivity index (χ0) is 22.1. The van der Waals surface area contributed by atoms with Crippen molar-refractivity contribution in [1.82, 2.24) is 15.2 Å². The lowest BCUT2D eigenvalue weighted by atomic mass is 9.91. The van der Waals surface area contributed by atoms with Crippen LogP contribution >= 0.6 is 11.3 Å². The Hall–Kier alpha value is -2.25. The van der Waals surface area contributed by atoms with E-state index >= 15 is 0 Å². The van der Waals surface area contributed by atoms with Gasteiger partial charge in [-0.25, -0.2) is 4.98 Å². The molecule has 7 heteroatoms. The number of nitrogens with zero attached hydrogens (tertiary/aromatic N) is 2. The molecule has 0 radical (unpaired) electrons. The molecule has 0 bridgehead atoms. The van der Waals surface area contributed by atoms with Gasteiger partial charge in [-0.3, -0.25) is 9.59 Å². The van der Waals surface area contributed by atoms with Gasteiger partial charge in [0, 0.05) is 19.4 Å². The minimum Gasteiger partial charge on any atom is -0.391 e. The average molecular weight is 430 g/mol. The number of thiazole rings is 1. The van der Waals surface area contributed by atoms with Crippen LogP contribution in [0.4, 0.5) is 0 Å². The van der Waals surface area contributed by atoms with Crippen LogP contribution in [0.5, 0.6) is 0 Å². The van der Waals surface area contributed by atoms with Crippen molar-refractivity contribution in [3.63, 3.8) is 0 Å². The maximum absolute atomic E-state index is 12.9. The quantitative estimate of drug-likeness (QED) is 0.759. The number of likely N-dealkylation sites (tertiary alicyclic amines) is 1. The van der Waals surface area contributed by atoms with Crippen LogP contribution in [0.1, 0.15) is 57.8 Å². The summed E-state index contributed by atoms with van der Waals surface area (Å²) in [4.78, 5) is 32.6. The van der Waals surface area contributed by atoms with Crippen LogP contribution in [-0.2, 0) is 9.59 Å². The molecule has 1 aliphatic rings. The summed E-state index contributed by atoms with van der Waals surface area (Å²) in [6.45, 7) is 10.1. The average Bonchev–Trinajstić information content (AvgIpc) is 3.26. The molecular weight excluding hydrogens is 398 g/mol. The number of aliphatic hydroxyl groups excluding tert-OH is 1. The molecule has 1 aromatic carbocycles. The summed E-state index contributed by atoms with van der Waals surface area (Å²) in [5.74, 6) is -0.306. The third kappa shape index (κ3) is 5.26. The number of aliphatic hydroxyl groups is 1. The zero-order valence-electron chi connectivity index (χ0n) is 18.3. The first-order valence-corrected chi connectivity index (χ1v) is 11.2. The van der Waals surface area contributed by atoms with Crippen molar-refractivity contribution in [3.8, 4) is 10.4 Å². The molecule has 1 fully saturated rings. The fourth-order valence-electron chi connectivity index (χ4n) is 3.79. The molecule has 3 atom stereocenters. The van der Waals surface area contributed by atoms with Crippen LogP contribution in [0.2, 0.25) is 0 Å². The lowest BCUT2D eigenvalue weighted by molar-refractivity contribution is -0.140. The van der Waals surface area contributed by atoms with Crippen molar-refractivity contribution in [1.29, 1.82) is 0 Å². The minimum absolute atomic E-state index is 0.0869. The molecule has 0 spiro atoms. The topological polar surface area (TPSA) is 82.5 Å². The first kappa shape index (κ1) is 22.4. The van der Waals surface area contributed by atoms with E-state index in [2.05, 4.69) is 10.3 Å². The van der Waals surface area contributed by atoms with Gasteiger partial charge in [0.2, 0.25) is 11.8 Å². The molecule has 162 valence electrons. The number of hydrogen-bond donors (Lipinski definition) is 2. The SMILES string of the molecule is Cc1ncsc1-c1ccc(C(C)NC(=O)[C@@H]2CC(O)CN2C(=O)CC(C)(C)C)cc1. The van der Waals surface area contributed by atoms with Crippen molar-refractivity contribution in [2.45, 2.75) is 65.6 Å². The van der Waals surface area contributed by atoms with E-state index in [9.17, 15) is 14.7 Å². The minimum atomic E-state index is -0.665. The standard InChI is InChI=1S/C23H31N3O3S/c1-14(16-6-8-17(9-7-16)21-15(2)24-13-30-21)25-22(29)19-10-18(27)12-26(19)20(28)11-23(3,4)5/h6-9,13-14,18-19,27H,10-12H2,1-5H3,(H,25,29)/t14?,18?,19-/m0/s1. The van der Waals surface area contributed by atoms with Crippen LogP contribution in [0.3, 0.4) is 0 Å². The van der Waals surface area contributed by atoms with E-state index in [1.807, 2.05) is 64.4 Å². The molecule has 3 rings (SSSR count). The number of aryl methyl sites for hydroxylation is 1. The van der Waals surface area contributed by atoms with Crippen molar-refractivity contribution in [3.05, 3.63) is 41.0 Å². The fourth-order valence-corrected chi connectivity index (χ4v) is 4.60. The van der Waals surface area contributed by atoms with Crippen LogP contribution in [0.15, 0.2) is 29.8 Å². The van der Waals surface area contributed by atoms with Crippen molar-refractivity contribution < 1.29 is 14.7 Å². The molecule has 2 amide bonds. The summed E-state index contributed by atoms with van der Waals surface area (Å²) in [5.41, 5.74) is 4.77. The summed E-state index contributed by atoms with van der Waals surface area (Å²) in [6, 6.07) is 7.26. The summed E-state index contributed by atoms with van der Waals surface area (Å²) in [7, 11) is 0.